The zero-order valence-electron chi connectivity index (χ0n) is 13.6. The van der Waals surface area contributed by atoms with Crippen LogP contribution in [0.25, 0.3) is 0 Å². The van der Waals surface area contributed by atoms with Crippen LogP contribution < -0.4 is 5.32 Å². The summed E-state index contributed by atoms with van der Waals surface area (Å²) in [5, 5.41) is 5.73. The zero-order valence-corrected chi connectivity index (χ0v) is 14.4. The molecule has 0 saturated heterocycles. The van der Waals surface area contributed by atoms with Gasteiger partial charge in [0, 0.05) is 19.5 Å². The summed E-state index contributed by atoms with van der Waals surface area (Å²) in [5.74, 6) is -0.362. The summed E-state index contributed by atoms with van der Waals surface area (Å²) in [6.07, 6.45) is 1.04. The summed E-state index contributed by atoms with van der Waals surface area (Å²) in [5.41, 5.74) is 1.51. The fourth-order valence-corrected chi connectivity index (χ4v) is 2.91. The molecule has 1 aromatic carbocycles. The van der Waals surface area contributed by atoms with Crippen LogP contribution in [-0.2, 0) is 22.4 Å². The molecular formula is C17H21N3O2S. The molecule has 0 spiro atoms. The van der Waals surface area contributed by atoms with Gasteiger partial charge in [-0.15, -0.1) is 11.3 Å². The normalized spacial score (nSPS) is 11.8. The third kappa shape index (κ3) is 4.63. The average molecular weight is 331 g/mol. The molecule has 1 unspecified atom stereocenters. The zero-order chi connectivity index (χ0) is 16.8. The molecule has 2 aromatic rings. The number of carbonyl (C=O) groups excluding carboxylic acids is 2. The molecule has 5 nitrogen and oxygen atoms in total. The molecule has 0 aliphatic rings. The van der Waals surface area contributed by atoms with Crippen LogP contribution >= 0.6 is 11.3 Å². The SMILES string of the molecule is CCc1nc(CC(=O)NC(C(=O)N(C)C)c2ccccc2)cs1. The number of hydrogen-bond donors (Lipinski definition) is 1. The summed E-state index contributed by atoms with van der Waals surface area (Å²) in [4.78, 5) is 30.6. The van der Waals surface area contributed by atoms with E-state index in [0.29, 0.717) is 0 Å². The molecule has 1 N–H and O–H groups in total. The highest BCUT2D eigenvalue weighted by atomic mass is 32.1. The molecule has 0 aliphatic carbocycles. The van der Waals surface area contributed by atoms with Crippen LogP contribution in [-0.4, -0.2) is 35.8 Å². The van der Waals surface area contributed by atoms with Gasteiger partial charge in [0.05, 0.1) is 17.1 Å². The Labute approximate surface area is 140 Å². The number of nitrogens with one attached hydrogen (secondary N) is 1. The molecule has 1 heterocycles. The van der Waals surface area contributed by atoms with Crippen molar-refractivity contribution in [3.8, 4) is 0 Å². The molecule has 1 aromatic heterocycles. The topological polar surface area (TPSA) is 62.3 Å². The number of benzene rings is 1. The van der Waals surface area contributed by atoms with E-state index in [2.05, 4.69) is 10.3 Å². The quantitative estimate of drug-likeness (QED) is 0.882. The lowest BCUT2D eigenvalue weighted by Gasteiger charge is -2.22. The van der Waals surface area contributed by atoms with Gasteiger partial charge in [0.2, 0.25) is 11.8 Å². The first-order valence-corrected chi connectivity index (χ1v) is 8.38. The molecule has 0 aliphatic heterocycles. The second-order valence-electron chi connectivity index (χ2n) is 5.41. The van der Waals surface area contributed by atoms with Crippen molar-refractivity contribution in [3.63, 3.8) is 0 Å². The summed E-state index contributed by atoms with van der Waals surface area (Å²) in [6, 6.07) is 8.58. The Bertz CT molecular complexity index is 667. The van der Waals surface area contributed by atoms with Gasteiger partial charge in [0.25, 0.3) is 0 Å². The van der Waals surface area contributed by atoms with E-state index < -0.39 is 6.04 Å². The average Bonchev–Trinajstić information content (AvgIpc) is 3.00. The van der Waals surface area contributed by atoms with E-state index in [-0.39, 0.29) is 18.2 Å². The van der Waals surface area contributed by atoms with Gasteiger partial charge in [0.15, 0.2) is 0 Å². The largest absolute Gasteiger partial charge is 0.347 e. The molecule has 0 fully saturated rings. The number of thiazole rings is 1. The van der Waals surface area contributed by atoms with Gasteiger partial charge >= 0.3 is 0 Å². The van der Waals surface area contributed by atoms with Gasteiger partial charge in [-0.1, -0.05) is 37.3 Å². The Morgan fingerprint density at radius 1 is 1.26 bits per heavy atom. The number of likely N-dealkylation sites (N-methyl/N-ethyl adjacent to an activating group) is 1. The van der Waals surface area contributed by atoms with Crippen LogP contribution in [0.2, 0.25) is 0 Å². The number of hydrogen-bond acceptors (Lipinski definition) is 4. The lowest BCUT2D eigenvalue weighted by molar-refractivity contribution is -0.134. The van der Waals surface area contributed by atoms with Crippen molar-refractivity contribution in [3.05, 3.63) is 52.0 Å². The highest BCUT2D eigenvalue weighted by molar-refractivity contribution is 7.09. The molecule has 122 valence electrons. The molecule has 23 heavy (non-hydrogen) atoms. The maximum Gasteiger partial charge on any atom is 0.249 e. The number of aryl methyl sites for hydroxylation is 1. The maximum atomic E-state index is 12.4. The van der Waals surface area contributed by atoms with Crippen LogP contribution in [0.15, 0.2) is 35.7 Å². The van der Waals surface area contributed by atoms with E-state index in [1.165, 1.54) is 4.90 Å². The second kappa shape index (κ2) is 7.87. The van der Waals surface area contributed by atoms with E-state index in [1.807, 2.05) is 42.6 Å². The first-order valence-electron chi connectivity index (χ1n) is 7.50. The minimum absolute atomic E-state index is 0.155. The van der Waals surface area contributed by atoms with Gasteiger partial charge < -0.3 is 10.2 Å². The molecule has 2 amide bonds. The standard InChI is InChI=1S/C17H21N3O2S/c1-4-15-18-13(11-23-15)10-14(21)19-16(17(22)20(2)3)12-8-6-5-7-9-12/h5-9,11,16H,4,10H2,1-3H3,(H,19,21). The van der Waals surface area contributed by atoms with E-state index >= 15 is 0 Å². The fourth-order valence-electron chi connectivity index (χ4n) is 2.16. The third-order valence-corrected chi connectivity index (χ3v) is 4.41. The van der Waals surface area contributed by atoms with Gasteiger partial charge in [-0.3, -0.25) is 9.59 Å². The lowest BCUT2D eigenvalue weighted by Crippen LogP contribution is -2.40. The Balaban J connectivity index is 2.10. The highest BCUT2D eigenvalue weighted by Gasteiger charge is 2.24. The van der Waals surface area contributed by atoms with Gasteiger partial charge in [-0.05, 0) is 12.0 Å². The van der Waals surface area contributed by atoms with Crippen molar-refractivity contribution in [2.24, 2.45) is 0 Å². The summed E-state index contributed by atoms with van der Waals surface area (Å²) < 4.78 is 0. The fraction of sp³-hybridized carbons (Fsp3) is 0.353. The predicted octanol–water partition coefficient (Wildman–Crippen LogP) is 2.19. The molecule has 6 heteroatoms. The third-order valence-electron chi connectivity index (χ3n) is 3.37. The lowest BCUT2D eigenvalue weighted by atomic mass is 10.1. The summed E-state index contributed by atoms with van der Waals surface area (Å²) in [6.45, 7) is 2.03. The van der Waals surface area contributed by atoms with E-state index in [1.54, 1.807) is 25.4 Å². The van der Waals surface area contributed by atoms with Crippen molar-refractivity contribution in [1.29, 1.82) is 0 Å². The minimum Gasteiger partial charge on any atom is -0.347 e. The molecule has 2 rings (SSSR count). The molecule has 0 radical (unpaired) electrons. The van der Waals surface area contributed by atoms with Crippen molar-refractivity contribution < 1.29 is 9.59 Å². The number of nitrogens with zero attached hydrogens (tertiary/aromatic N) is 2. The van der Waals surface area contributed by atoms with Crippen molar-refractivity contribution >= 4 is 23.2 Å². The first-order chi connectivity index (χ1) is 11.0. The number of rotatable bonds is 6. The second-order valence-corrected chi connectivity index (χ2v) is 6.35. The van der Waals surface area contributed by atoms with Gasteiger partial charge in [-0.2, -0.15) is 0 Å². The first kappa shape index (κ1) is 17.1. The van der Waals surface area contributed by atoms with Crippen molar-refractivity contribution in [2.75, 3.05) is 14.1 Å². The predicted molar refractivity (Wildman–Crippen MR) is 91.2 cm³/mol. The number of carbonyl (C=O) groups is 2. The van der Waals surface area contributed by atoms with E-state index in [9.17, 15) is 9.59 Å². The smallest absolute Gasteiger partial charge is 0.249 e. The van der Waals surface area contributed by atoms with Gasteiger partial charge in [-0.25, -0.2) is 4.98 Å². The Morgan fingerprint density at radius 3 is 2.52 bits per heavy atom. The minimum atomic E-state index is -0.678. The number of aromatic nitrogens is 1. The van der Waals surface area contributed by atoms with Crippen molar-refractivity contribution in [1.82, 2.24) is 15.2 Å². The van der Waals surface area contributed by atoms with E-state index in [4.69, 9.17) is 0 Å². The Hall–Kier alpha value is -2.21. The van der Waals surface area contributed by atoms with Crippen molar-refractivity contribution in [2.45, 2.75) is 25.8 Å². The highest BCUT2D eigenvalue weighted by Crippen LogP contribution is 2.16. The maximum absolute atomic E-state index is 12.4. The van der Waals surface area contributed by atoms with Gasteiger partial charge in [0.1, 0.15) is 6.04 Å². The van der Waals surface area contributed by atoms with Crippen LogP contribution in [0.4, 0.5) is 0 Å². The Morgan fingerprint density at radius 2 is 1.96 bits per heavy atom. The van der Waals surface area contributed by atoms with Crippen LogP contribution in [0.3, 0.4) is 0 Å². The summed E-state index contributed by atoms with van der Waals surface area (Å²) in [7, 11) is 3.36. The molecular weight excluding hydrogens is 310 g/mol. The van der Waals surface area contributed by atoms with E-state index in [0.717, 1.165) is 22.7 Å². The number of amides is 2. The van der Waals surface area contributed by atoms with Crippen LogP contribution in [0.1, 0.15) is 29.2 Å². The van der Waals surface area contributed by atoms with Crippen LogP contribution in [0, 0.1) is 0 Å². The molecule has 1 atom stereocenters. The summed E-state index contributed by atoms with van der Waals surface area (Å²) >= 11 is 1.55. The molecule has 0 bridgehead atoms. The monoisotopic (exact) mass is 331 g/mol. The Kier molecular flexibility index (Phi) is 5.87. The molecule has 0 saturated carbocycles. The van der Waals surface area contributed by atoms with Crippen LogP contribution in [0.5, 0.6) is 0 Å².